The van der Waals surface area contributed by atoms with Gasteiger partial charge in [0, 0.05) is 37.5 Å². The van der Waals surface area contributed by atoms with E-state index in [0.29, 0.717) is 22.8 Å². The maximum atomic E-state index is 13.6. The van der Waals surface area contributed by atoms with Crippen LogP contribution in [0.3, 0.4) is 0 Å². The zero-order valence-corrected chi connectivity index (χ0v) is 19.0. The summed E-state index contributed by atoms with van der Waals surface area (Å²) in [5, 5.41) is 2.69. The van der Waals surface area contributed by atoms with Crippen LogP contribution in [0.2, 0.25) is 0 Å². The molecule has 1 N–H and O–H groups in total. The summed E-state index contributed by atoms with van der Waals surface area (Å²) in [6.45, 7) is 1.98. The zero-order chi connectivity index (χ0) is 24.9. The molecule has 1 amide bonds. The van der Waals surface area contributed by atoms with Gasteiger partial charge in [-0.1, -0.05) is 0 Å². The summed E-state index contributed by atoms with van der Waals surface area (Å²) in [7, 11) is 0. The average Bonchev–Trinajstić information content (AvgIpc) is 3.45. The first kappa shape index (κ1) is 22.3. The SMILES string of the molecule is O=C(Nc1ccc(N2CCC2)cn1)c1coc(-c2c(-c3ccc(F)cc3)ncn2C2CC(F)(F)C2)n1. The van der Waals surface area contributed by atoms with Crippen LogP contribution >= 0.6 is 0 Å². The van der Waals surface area contributed by atoms with Gasteiger partial charge in [0.2, 0.25) is 5.89 Å². The van der Waals surface area contributed by atoms with Gasteiger partial charge in [0.15, 0.2) is 5.69 Å². The molecule has 0 bridgehead atoms. The molecule has 36 heavy (non-hydrogen) atoms. The topological polar surface area (TPSA) is 89.1 Å². The number of benzene rings is 1. The molecule has 2 fully saturated rings. The lowest BCUT2D eigenvalue weighted by Crippen LogP contribution is -2.37. The van der Waals surface area contributed by atoms with Gasteiger partial charge in [0.25, 0.3) is 11.8 Å². The highest BCUT2D eigenvalue weighted by Gasteiger charge is 2.47. The van der Waals surface area contributed by atoms with Crippen LogP contribution in [0.5, 0.6) is 0 Å². The first-order valence-corrected chi connectivity index (χ1v) is 11.6. The highest BCUT2D eigenvalue weighted by Crippen LogP contribution is 2.48. The lowest BCUT2D eigenvalue weighted by Gasteiger charge is -2.36. The standard InChI is InChI=1S/C25H21F3N6O2/c26-16-4-2-15(3-5-16)21-22(34(14-30-21)18-10-25(27,28)11-18)24-31-19(13-36-24)23(35)32-20-7-6-17(12-29-20)33-8-1-9-33/h2-7,12-14,18H,1,8-11H2,(H,29,32,35). The third-order valence-electron chi connectivity index (χ3n) is 6.52. The summed E-state index contributed by atoms with van der Waals surface area (Å²) in [6.07, 6.45) is 4.81. The van der Waals surface area contributed by atoms with Crippen molar-refractivity contribution in [3.8, 4) is 22.8 Å². The Labute approximate surface area is 203 Å². The summed E-state index contributed by atoms with van der Waals surface area (Å²) in [5.41, 5.74) is 2.29. The van der Waals surface area contributed by atoms with E-state index in [-0.39, 0.29) is 24.4 Å². The zero-order valence-electron chi connectivity index (χ0n) is 19.0. The number of rotatable bonds is 6. The maximum Gasteiger partial charge on any atom is 0.278 e. The number of oxazole rings is 1. The molecular formula is C25H21F3N6O2. The molecule has 1 saturated carbocycles. The molecular weight excluding hydrogens is 473 g/mol. The molecule has 3 aromatic heterocycles. The lowest BCUT2D eigenvalue weighted by atomic mass is 9.87. The third kappa shape index (κ3) is 4.10. The molecule has 0 atom stereocenters. The van der Waals surface area contributed by atoms with Crippen molar-refractivity contribution in [3.63, 3.8) is 0 Å². The Balaban J connectivity index is 1.28. The predicted molar refractivity (Wildman–Crippen MR) is 125 cm³/mol. The molecule has 8 nitrogen and oxygen atoms in total. The van der Waals surface area contributed by atoms with Gasteiger partial charge in [-0.05, 0) is 42.8 Å². The molecule has 6 rings (SSSR count). The van der Waals surface area contributed by atoms with Crippen LogP contribution in [0, 0.1) is 5.82 Å². The molecule has 4 aromatic rings. The fraction of sp³-hybridized carbons (Fsp3) is 0.280. The van der Waals surface area contributed by atoms with Crippen molar-refractivity contribution in [2.45, 2.75) is 31.2 Å². The van der Waals surface area contributed by atoms with Gasteiger partial charge in [0.05, 0.1) is 18.2 Å². The number of hydrogen-bond donors (Lipinski definition) is 1. The van der Waals surface area contributed by atoms with Crippen LogP contribution in [0.4, 0.5) is 24.7 Å². The number of alkyl halides is 2. The van der Waals surface area contributed by atoms with E-state index in [1.54, 1.807) is 16.8 Å². The quantitative estimate of drug-likeness (QED) is 0.398. The number of hydrogen-bond acceptors (Lipinski definition) is 6. The Kier molecular flexibility index (Phi) is 5.27. The second-order valence-electron chi connectivity index (χ2n) is 9.01. The second-order valence-corrected chi connectivity index (χ2v) is 9.01. The van der Waals surface area contributed by atoms with Crippen molar-refractivity contribution in [2.75, 3.05) is 23.3 Å². The number of carbonyl (C=O) groups excluding carboxylic acids is 1. The monoisotopic (exact) mass is 494 g/mol. The van der Waals surface area contributed by atoms with Crippen LogP contribution in [0.15, 0.2) is 59.6 Å². The van der Waals surface area contributed by atoms with Gasteiger partial charge in [-0.25, -0.2) is 28.1 Å². The summed E-state index contributed by atoms with van der Waals surface area (Å²) in [4.78, 5) is 28.0. The molecule has 184 valence electrons. The van der Waals surface area contributed by atoms with E-state index in [1.165, 1.54) is 36.9 Å². The number of nitrogens with one attached hydrogen (secondary N) is 1. The Hall–Kier alpha value is -4.15. The molecule has 1 aliphatic heterocycles. The lowest BCUT2D eigenvalue weighted by molar-refractivity contribution is -0.103. The van der Waals surface area contributed by atoms with E-state index in [2.05, 4.69) is 25.2 Å². The third-order valence-corrected chi connectivity index (χ3v) is 6.52. The van der Waals surface area contributed by atoms with Gasteiger partial charge < -0.3 is 19.2 Å². The maximum absolute atomic E-state index is 13.6. The van der Waals surface area contributed by atoms with Gasteiger partial charge in [-0.3, -0.25) is 4.79 Å². The largest absolute Gasteiger partial charge is 0.442 e. The van der Waals surface area contributed by atoms with Crippen LogP contribution in [0.1, 0.15) is 35.8 Å². The number of nitrogens with zero attached hydrogens (tertiary/aromatic N) is 5. The first-order valence-electron chi connectivity index (χ1n) is 11.6. The minimum Gasteiger partial charge on any atom is -0.442 e. The summed E-state index contributed by atoms with van der Waals surface area (Å²) >= 11 is 0. The predicted octanol–water partition coefficient (Wildman–Crippen LogP) is 5.17. The number of aromatic nitrogens is 4. The number of amides is 1. The Morgan fingerprint density at radius 1 is 1.08 bits per heavy atom. The molecule has 11 heteroatoms. The molecule has 4 heterocycles. The Morgan fingerprint density at radius 2 is 1.86 bits per heavy atom. The van der Waals surface area contributed by atoms with Crippen LogP contribution in [-0.4, -0.2) is 44.4 Å². The minimum atomic E-state index is -2.75. The van der Waals surface area contributed by atoms with Gasteiger partial charge >= 0.3 is 0 Å². The second kappa shape index (κ2) is 8.51. The molecule has 0 unspecified atom stereocenters. The fourth-order valence-electron chi connectivity index (χ4n) is 4.38. The molecule has 0 spiro atoms. The van der Waals surface area contributed by atoms with Crippen molar-refractivity contribution in [1.82, 2.24) is 19.5 Å². The van der Waals surface area contributed by atoms with E-state index in [9.17, 15) is 18.0 Å². The normalized spacial score (nSPS) is 16.9. The van der Waals surface area contributed by atoms with Gasteiger partial charge in [0.1, 0.15) is 29.3 Å². The van der Waals surface area contributed by atoms with E-state index in [4.69, 9.17) is 4.42 Å². The van der Waals surface area contributed by atoms with E-state index >= 15 is 0 Å². The molecule has 1 aliphatic carbocycles. The fourth-order valence-corrected chi connectivity index (χ4v) is 4.38. The highest BCUT2D eigenvalue weighted by atomic mass is 19.3. The molecule has 0 radical (unpaired) electrons. The van der Waals surface area contributed by atoms with Gasteiger partial charge in [-0.15, -0.1) is 0 Å². The van der Waals surface area contributed by atoms with Gasteiger partial charge in [-0.2, -0.15) is 0 Å². The summed E-state index contributed by atoms with van der Waals surface area (Å²) in [6, 6.07) is 8.73. The smallest absolute Gasteiger partial charge is 0.278 e. The van der Waals surface area contributed by atoms with Crippen molar-refractivity contribution in [2.24, 2.45) is 0 Å². The average molecular weight is 494 g/mol. The van der Waals surface area contributed by atoms with Crippen molar-refractivity contribution in [1.29, 1.82) is 0 Å². The van der Waals surface area contributed by atoms with Crippen molar-refractivity contribution >= 4 is 17.4 Å². The highest BCUT2D eigenvalue weighted by molar-refractivity contribution is 6.02. The van der Waals surface area contributed by atoms with Crippen LogP contribution < -0.4 is 10.2 Å². The number of anilines is 2. The Bertz CT molecular complexity index is 1400. The first-order chi connectivity index (χ1) is 17.4. The van der Waals surface area contributed by atoms with Crippen molar-refractivity contribution in [3.05, 3.63) is 66.7 Å². The van der Waals surface area contributed by atoms with Crippen LogP contribution in [-0.2, 0) is 0 Å². The molecule has 2 aliphatic rings. The number of halogens is 3. The van der Waals surface area contributed by atoms with E-state index < -0.39 is 23.7 Å². The van der Waals surface area contributed by atoms with Crippen LogP contribution in [0.25, 0.3) is 22.8 Å². The number of pyridine rings is 1. The number of imidazole rings is 1. The molecule has 1 aromatic carbocycles. The van der Waals surface area contributed by atoms with Crippen molar-refractivity contribution < 1.29 is 22.4 Å². The molecule has 1 saturated heterocycles. The summed E-state index contributed by atoms with van der Waals surface area (Å²) < 4.78 is 47.9. The van der Waals surface area contributed by atoms with E-state index in [0.717, 1.165) is 25.2 Å². The number of carbonyl (C=O) groups is 1. The Morgan fingerprint density at radius 3 is 2.50 bits per heavy atom. The summed E-state index contributed by atoms with van der Waals surface area (Å²) in [5.74, 6) is -3.28. The van der Waals surface area contributed by atoms with E-state index in [1.807, 2.05) is 6.07 Å². The minimum absolute atomic E-state index is 0.00429.